The number of hydrogen-bond acceptors (Lipinski definition) is 8. The lowest BCUT2D eigenvalue weighted by molar-refractivity contribution is 0.0983. The molecule has 3 rings (SSSR count). The Bertz CT molecular complexity index is 1340. The van der Waals surface area contributed by atoms with Crippen LogP contribution < -0.4 is 4.90 Å². The van der Waals surface area contributed by atoms with Gasteiger partial charge in [-0.15, -0.1) is 12.4 Å². The molecule has 0 aliphatic heterocycles. The number of aryl methyl sites for hydroxylation is 2. The van der Waals surface area contributed by atoms with Gasteiger partial charge >= 0.3 is 0 Å². The maximum absolute atomic E-state index is 13.8. The zero-order chi connectivity index (χ0) is 28.6. The van der Waals surface area contributed by atoms with E-state index in [-0.39, 0.29) is 49.5 Å². The summed E-state index contributed by atoms with van der Waals surface area (Å²) in [6.07, 6.45) is 0. The van der Waals surface area contributed by atoms with Crippen molar-refractivity contribution in [2.45, 2.75) is 32.6 Å². The third kappa shape index (κ3) is 8.00. The predicted octanol–water partition coefficient (Wildman–Crippen LogP) is 4.61. The van der Waals surface area contributed by atoms with E-state index in [1.807, 2.05) is 13.0 Å². The Morgan fingerprint density at radius 3 is 2.05 bits per heavy atom. The van der Waals surface area contributed by atoms with Crippen LogP contribution in [-0.2, 0) is 19.5 Å². The van der Waals surface area contributed by atoms with Gasteiger partial charge in [0.25, 0.3) is 5.91 Å². The molecule has 222 valence electrons. The van der Waals surface area contributed by atoms with Crippen molar-refractivity contribution in [2.75, 3.05) is 71.6 Å². The minimum atomic E-state index is -3.78. The molecule has 0 fully saturated rings. The fourth-order valence-electron chi connectivity index (χ4n) is 4.21. The minimum Gasteiger partial charge on any atom is -0.383 e. The van der Waals surface area contributed by atoms with Gasteiger partial charge in [-0.3, -0.25) is 9.69 Å². The zero-order valence-corrected chi connectivity index (χ0v) is 26.6. The molecule has 0 N–H and O–H groups in total. The Balaban J connectivity index is 0.00000560. The van der Waals surface area contributed by atoms with Gasteiger partial charge in [-0.2, -0.15) is 4.31 Å². The molecule has 0 radical (unpaired) electrons. The van der Waals surface area contributed by atoms with Gasteiger partial charge in [-0.05, 0) is 68.4 Å². The van der Waals surface area contributed by atoms with Crippen molar-refractivity contribution in [1.29, 1.82) is 0 Å². The monoisotopic (exact) mass is 612 g/mol. The smallest absolute Gasteiger partial charge is 0.260 e. The summed E-state index contributed by atoms with van der Waals surface area (Å²) in [6, 6.07) is 10.3. The van der Waals surface area contributed by atoms with Crippen LogP contribution in [0.3, 0.4) is 0 Å². The fraction of sp³-hybridized carbons (Fsp3) is 0.500. The number of anilines is 1. The van der Waals surface area contributed by atoms with Crippen LogP contribution in [0.5, 0.6) is 0 Å². The molecule has 3 aromatic rings. The van der Waals surface area contributed by atoms with Crippen LogP contribution >= 0.6 is 23.7 Å². The first-order chi connectivity index (χ1) is 18.7. The van der Waals surface area contributed by atoms with Crippen LogP contribution in [-0.4, -0.2) is 95.2 Å². The summed E-state index contributed by atoms with van der Waals surface area (Å²) in [4.78, 5) is 22.8. The number of rotatable bonds is 15. The molecule has 0 saturated carbocycles. The minimum absolute atomic E-state index is 0. The molecule has 0 spiro atoms. The number of hydrogen-bond donors (Lipinski definition) is 0. The van der Waals surface area contributed by atoms with Crippen LogP contribution in [0.15, 0.2) is 41.3 Å². The van der Waals surface area contributed by atoms with E-state index in [1.165, 1.54) is 42.0 Å². The number of benzene rings is 2. The summed E-state index contributed by atoms with van der Waals surface area (Å²) < 4.78 is 39.1. The third-order valence-corrected chi connectivity index (χ3v) is 9.87. The summed E-state index contributed by atoms with van der Waals surface area (Å²) in [5, 5.41) is 0.637. The van der Waals surface area contributed by atoms with Gasteiger partial charge in [-0.1, -0.05) is 31.3 Å². The molecule has 40 heavy (non-hydrogen) atoms. The van der Waals surface area contributed by atoms with Gasteiger partial charge in [-0.25, -0.2) is 13.4 Å². The Morgan fingerprint density at radius 1 is 0.900 bits per heavy atom. The maximum atomic E-state index is 13.8. The van der Waals surface area contributed by atoms with E-state index in [0.29, 0.717) is 23.8 Å². The van der Waals surface area contributed by atoms with Crippen molar-refractivity contribution >= 4 is 55.0 Å². The summed E-state index contributed by atoms with van der Waals surface area (Å²) in [5.74, 6) is -0.213. The Labute approximate surface area is 248 Å². The zero-order valence-electron chi connectivity index (χ0n) is 24.2. The fourth-order valence-corrected chi connectivity index (χ4v) is 6.67. The van der Waals surface area contributed by atoms with Crippen molar-refractivity contribution in [3.8, 4) is 0 Å². The first-order valence-corrected chi connectivity index (χ1v) is 15.4. The lowest BCUT2D eigenvalue weighted by Gasteiger charge is -2.25. The van der Waals surface area contributed by atoms with Gasteiger partial charge in [0.05, 0.1) is 28.3 Å². The Morgan fingerprint density at radius 2 is 1.50 bits per heavy atom. The summed E-state index contributed by atoms with van der Waals surface area (Å²) in [6.45, 7) is 12.2. The first kappa shape index (κ1) is 34.1. The highest BCUT2D eigenvalue weighted by molar-refractivity contribution is 7.89. The number of aromatic nitrogens is 1. The maximum Gasteiger partial charge on any atom is 0.260 e. The second-order valence-corrected chi connectivity index (χ2v) is 12.2. The summed E-state index contributed by atoms with van der Waals surface area (Å²) in [5.41, 5.74) is 3.57. The van der Waals surface area contributed by atoms with E-state index in [1.54, 1.807) is 17.0 Å². The highest BCUT2D eigenvalue weighted by Crippen LogP contribution is 2.32. The number of thiazole rings is 1. The number of sulfonamides is 1. The normalized spacial score (nSPS) is 11.8. The topological polar surface area (TPSA) is 92.3 Å². The van der Waals surface area contributed by atoms with E-state index < -0.39 is 10.0 Å². The number of likely N-dealkylation sites (N-methyl/N-ethyl adjacent to an activating group) is 1. The van der Waals surface area contributed by atoms with Gasteiger partial charge in [0.2, 0.25) is 10.0 Å². The van der Waals surface area contributed by atoms with Crippen molar-refractivity contribution in [3.63, 3.8) is 0 Å². The molecule has 2 aromatic carbocycles. The number of carbonyl (C=O) groups excluding carboxylic acids is 1. The van der Waals surface area contributed by atoms with Crippen molar-refractivity contribution in [3.05, 3.63) is 53.1 Å². The highest BCUT2D eigenvalue weighted by atomic mass is 35.5. The molecular formula is C28H41ClN4O5S2. The molecule has 0 unspecified atom stereocenters. The van der Waals surface area contributed by atoms with Crippen molar-refractivity contribution < 1.29 is 22.7 Å². The molecule has 9 nitrogen and oxygen atoms in total. The first-order valence-electron chi connectivity index (χ1n) is 13.2. The average Bonchev–Trinajstić information content (AvgIpc) is 3.37. The largest absolute Gasteiger partial charge is 0.383 e. The molecule has 12 heteroatoms. The van der Waals surface area contributed by atoms with E-state index in [4.69, 9.17) is 14.5 Å². The number of carbonyl (C=O) groups is 1. The van der Waals surface area contributed by atoms with E-state index in [2.05, 4.69) is 31.7 Å². The third-order valence-electron chi connectivity index (χ3n) is 6.91. The van der Waals surface area contributed by atoms with Gasteiger partial charge in [0, 0.05) is 46.0 Å². The molecule has 1 amide bonds. The molecule has 0 saturated heterocycles. The van der Waals surface area contributed by atoms with Gasteiger partial charge in [0.1, 0.15) is 0 Å². The number of amides is 1. The lowest BCUT2D eigenvalue weighted by Crippen LogP contribution is -2.39. The number of ether oxygens (including phenoxy) is 2. The number of methoxy groups -OCH3 is 2. The summed E-state index contributed by atoms with van der Waals surface area (Å²) in [7, 11) is -0.725. The summed E-state index contributed by atoms with van der Waals surface area (Å²) >= 11 is 1.49. The van der Waals surface area contributed by atoms with E-state index in [9.17, 15) is 13.2 Å². The molecule has 1 heterocycles. The van der Waals surface area contributed by atoms with Crippen molar-refractivity contribution in [1.82, 2.24) is 14.2 Å². The van der Waals surface area contributed by atoms with Crippen molar-refractivity contribution in [2.24, 2.45) is 0 Å². The Hall–Kier alpha value is -2.12. The molecule has 0 aliphatic rings. The predicted molar refractivity (Wildman–Crippen MR) is 165 cm³/mol. The number of halogens is 1. The average molecular weight is 613 g/mol. The van der Waals surface area contributed by atoms with Crippen LogP contribution in [0.4, 0.5) is 5.13 Å². The SMILES string of the molecule is CCN(CC)CCN(C(=O)c1ccc(S(=O)(=O)N(CCOC)CCOC)cc1)c1nc2c(C)c(C)ccc2s1.Cl. The van der Waals surface area contributed by atoms with Crippen LogP contribution in [0.1, 0.15) is 35.3 Å². The molecular weight excluding hydrogens is 572 g/mol. The number of nitrogens with zero attached hydrogens (tertiary/aromatic N) is 4. The van der Waals surface area contributed by atoms with Crippen LogP contribution in [0.2, 0.25) is 0 Å². The molecule has 1 aromatic heterocycles. The van der Waals surface area contributed by atoms with Crippen LogP contribution in [0.25, 0.3) is 10.2 Å². The molecule has 0 aliphatic carbocycles. The Kier molecular flexibility index (Phi) is 13.4. The van der Waals surface area contributed by atoms with Crippen LogP contribution in [0, 0.1) is 13.8 Å². The van der Waals surface area contributed by atoms with Gasteiger partial charge < -0.3 is 14.4 Å². The lowest BCUT2D eigenvalue weighted by atomic mass is 10.1. The van der Waals surface area contributed by atoms with E-state index in [0.717, 1.165) is 34.4 Å². The second-order valence-electron chi connectivity index (χ2n) is 9.25. The molecule has 0 atom stereocenters. The number of fused-ring (bicyclic) bond motifs is 1. The van der Waals surface area contributed by atoms with Gasteiger partial charge in [0.15, 0.2) is 5.13 Å². The quantitative estimate of drug-likeness (QED) is 0.248. The standard InChI is InChI=1S/C28H40N4O5S2.ClH/c1-7-30(8-2)15-16-32(28-29-26-22(4)21(3)9-14-25(26)38-28)27(33)23-10-12-24(13-11-23)39(34,35)31(17-19-36-5)18-20-37-6;/h9-14H,7-8,15-20H2,1-6H3;1H. The van der Waals surface area contributed by atoms with E-state index >= 15 is 0 Å². The second kappa shape index (κ2) is 15.8. The molecule has 0 bridgehead atoms. The highest BCUT2D eigenvalue weighted by Gasteiger charge is 2.26.